The molecular formula is C16H15Cl2N3S. The van der Waals surface area contributed by atoms with Gasteiger partial charge in [-0.1, -0.05) is 17.7 Å². The monoisotopic (exact) mass is 351 g/mol. The van der Waals surface area contributed by atoms with Crippen LogP contribution < -0.4 is 5.32 Å². The quantitative estimate of drug-likeness (QED) is 0.672. The first-order valence-electron chi connectivity index (χ1n) is 7.09. The van der Waals surface area contributed by atoms with Crippen LogP contribution in [0.1, 0.15) is 23.3 Å². The predicted octanol–water partition coefficient (Wildman–Crippen LogP) is 5.39. The van der Waals surface area contributed by atoms with Crippen molar-refractivity contribution in [1.29, 1.82) is 0 Å². The molecule has 3 aromatic rings. The van der Waals surface area contributed by atoms with Gasteiger partial charge < -0.3 is 5.32 Å². The van der Waals surface area contributed by atoms with E-state index in [9.17, 15) is 0 Å². The van der Waals surface area contributed by atoms with Gasteiger partial charge in [0, 0.05) is 15.6 Å². The molecule has 6 heteroatoms. The third-order valence-electron chi connectivity index (χ3n) is 3.84. The number of nitrogens with zero attached hydrogens (tertiary/aromatic N) is 2. The highest BCUT2D eigenvalue weighted by Gasteiger charge is 2.19. The van der Waals surface area contributed by atoms with Crippen LogP contribution in [0.2, 0.25) is 5.02 Å². The van der Waals surface area contributed by atoms with Gasteiger partial charge in [0.1, 0.15) is 17.0 Å². The first-order chi connectivity index (χ1) is 10.3. The Hall–Kier alpha value is -1.36. The number of hydrogen-bond donors (Lipinski definition) is 1. The molecule has 0 atom stereocenters. The number of aromatic nitrogens is 2. The first kappa shape index (κ1) is 15.5. The zero-order valence-electron chi connectivity index (χ0n) is 11.8. The molecule has 0 amide bonds. The van der Waals surface area contributed by atoms with Crippen LogP contribution in [0.3, 0.4) is 0 Å². The summed E-state index contributed by atoms with van der Waals surface area (Å²) in [4.78, 5) is 11.5. The summed E-state index contributed by atoms with van der Waals surface area (Å²) in [5.41, 5.74) is 2.39. The van der Waals surface area contributed by atoms with E-state index in [1.54, 1.807) is 6.33 Å². The Labute approximate surface area is 144 Å². The van der Waals surface area contributed by atoms with Gasteiger partial charge in [-0.2, -0.15) is 0 Å². The summed E-state index contributed by atoms with van der Waals surface area (Å²) < 4.78 is 0. The van der Waals surface area contributed by atoms with Gasteiger partial charge in [-0.05, 0) is 49.4 Å². The van der Waals surface area contributed by atoms with Gasteiger partial charge in [-0.3, -0.25) is 0 Å². The van der Waals surface area contributed by atoms with Crippen molar-refractivity contribution in [2.24, 2.45) is 0 Å². The van der Waals surface area contributed by atoms with Crippen molar-refractivity contribution in [3.63, 3.8) is 0 Å². The summed E-state index contributed by atoms with van der Waals surface area (Å²) in [6.45, 7) is 0. The fourth-order valence-electron chi connectivity index (χ4n) is 2.89. The molecule has 0 radical (unpaired) electrons. The Balaban J connectivity index is 0.00000144. The Morgan fingerprint density at radius 2 is 2.00 bits per heavy atom. The number of anilines is 2. The van der Waals surface area contributed by atoms with Crippen molar-refractivity contribution in [3.05, 3.63) is 46.1 Å². The predicted molar refractivity (Wildman–Crippen MR) is 96.0 cm³/mol. The number of aryl methyl sites for hydroxylation is 2. The minimum Gasteiger partial charge on any atom is -0.340 e. The van der Waals surface area contributed by atoms with Crippen LogP contribution in [0.15, 0.2) is 30.6 Å². The van der Waals surface area contributed by atoms with Crippen LogP contribution in [0, 0.1) is 0 Å². The highest BCUT2D eigenvalue weighted by molar-refractivity contribution is 7.19. The molecule has 0 fully saturated rings. The van der Waals surface area contributed by atoms with Gasteiger partial charge in [-0.15, -0.1) is 23.7 Å². The Kier molecular flexibility index (Phi) is 4.52. The standard InChI is InChI=1S/C16H14ClN3S.ClH/c17-10-4-3-5-11(8-10)20-15-14-12-6-1-2-7-13(12)21-16(14)19-9-18-15;/h3-5,8-9H,1-2,6-7H2,(H,18,19,20);1H. The SMILES string of the molecule is Cl.Clc1cccc(Nc2ncnc3sc4c(c23)CCCC4)c1. The van der Waals surface area contributed by atoms with Crippen molar-refractivity contribution >= 4 is 57.1 Å². The van der Waals surface area contributed by atoms with Gasteiger partial charge in [0.15, 0.2) is 0 Å². The van der Waals surface area contributed by atoms with Crippen molar-refractivity contribution < 1.29 is 0 Å². The zero-order chi connectivity index (χ0) is 14.2. The van der Waals surface area contributed by atoms with E-state index in [2.05, 4.69) is 15.3 Å². The molecule has 0 saturated carbocycles. The zero-order valence-corrected chi connectivity index (χ0v) is 14.2. The van der Waals surface area contributed by atoms with E-state index in [0.717, 1.165) is 27.8 Å². The minimum absolute atomic E-state index is 0. The molecule has 3 nitrogen and oxygen atoms in total. The molecule has 1 aromatic carbocycles. The smallest absolute Gasteiger partial charge is 0.142 e. The largest absolute Gasteiger partial charge is 0.340 e. The summed E-state index contributed by atoms with van der Waals surface area (Å²) >= 11 is 7.86. The summed E-state index contributed by atoms with van der Waals surface area (Å²) in [5.74, 6) is 0.890. The van der Waals surface area contributed by atoms with E-state index in [-0.39, 0.29) is 12.4 Å². The second-order valence-corrected chi connectivity index (χ2v) is 6.77. The Morgan fingerprint density at radius 3 is 2.86 bits per heavy atom. The van der Waals surface area contributed by atoms with Gasteiger partial charge in [0.2, 0.25) is 0 Å². The summed E-state index contributed by atoms with van der Waals surface area (Å²) in [7, 11) is 0. The molecular weight excluding hydrogens is 337 g/mol. The summed E-state index contributed by atoms with van der Waals surface area (Å²) in [6, 6.07) is 7.72. The summed E-state index contributed by atoms with van der Waals surface area (Å²) in [6.07, 6.45) is 6.48. The van der Waals surface area contributed by atoms with E-state index in [1.165, 1.54) is 35.1 Å². The Bertz CT molecular complexity index is 816. The second-order valence-electron chi connectivity index (χ2n) is 5.25. The lowest BCUT2D eigenvalue weighted by Gasteiger charge is -2.12. The van der Waals surface area contributed by atoms with E-state index in [0.29, 0.717) is 0 Å². The molecule has 2 aromatic heterocycles. The van der Waals surface area contributed by atoms with Crippen LogP contribution in [0.25, 0.3) is 10.2 Å². The number of rotatable bonds is 2. The minimum atomic E-state index is 0. The van der Waals surface area contributed by atoms with Gasteiger partial charge in [0.05, 0.1) is 5.39 Å². The molecule has 0 saturated heterocycles. The van der Waals surface area contributed by atoms with Crippen LogP contribution >= 0.6 is 35.3 Å². The fourth-order valence-corrected chi connectivity index (χ4v) is 4.31. The molecule has 4 rings (SSSR count). The lowest BCUT2D eigenvalue weighted by atomic mass is 9.97. The molecule has 0 spiro atoms. The maximum atomic E-state index is 6.05. The molecule has 1 N–H and O–H groups in total. The molecule has 1 aliphatic carbocycles. The van der Waals surface area contributed by atoms with Gasteiger partial charge in [0.25, 0.3) is 0 Å². The van der Waals surface area contributed by atoms with Crippen molar-refractivity contribution in [2.45, 2.75) is 25.7 Å². The number of fused-ring (bicyclic) bond motifs is 3. The highest BCUT2D eigenvalue weighted by Crippen LogP contribution is 2.38. The third kappa shape index (κ3) is 2.78. The average molecular weight is 352 g/mol. The topological polar surface area (TPSA) is 37.8 Å². The van der Waals surface area contributed by atoms with E-state index >= 15 is 0 Å². The molecule has 1 aliphatic rings. The lowest BCUT2D eigenvalue weighted by Crippen LogP contribution is -2.00. The normalized spacial score (nSPS) is 13.5. The molecule has 0 unspecified atom stereocenters. The highest BCUT2D eigenvalue weighted by atomic mass is 35.5. The number of thiophene rings is 1. The van der Waals surface area contributed by atoms with Crippen LogP contribution in [0.5, 0.6) is 0 Å². The maximum absolute atomic E-state index is 6.05. The lowest BCUT2D eigenvalue weighted by molar-refractivity contribution is 0.700. The van der Waals surface area contributed by atoms with Gasteiger partial charge in [-0.25, -0.2) is 9.97 Å². The van der Waals surface area contributed by atoms with E-state index in [4.69, 9.17) is 11.6 Å². The van der Waals surface area contributed by atoms with Crippen LogP contribution in [-0.2, 0) is 12.8 Å². The molecule has 0 aliphatic heterocycles. The van der Waals surface area contributed by atoms with Crippen molar-refractivity contribution in [1.82, 2.24) is 9.97 Å². The third-order valence-corrected chi connectivity index (χ3v) is 5.27. The van der Waals surface area contributed by atoms with E-state index < -0.39 is 0 Å². The average Bonchev–Trinajstić information content (AvgIpc) is 2.87. The number of benzene rings is 1. The van der Waals surface area contributed by atoms with E-state index in [1.807, 2.05) is 35.6 Å². The van der Waals surface area contributed by atoms with Gasteiger partial charge >= 0.3 is 0 Å². The molecule has 0 bridgehead atoms. The molecule has 114 valence electrons. The Morgan fingerprint density at radius 1 is 1.14 bits per heavy atom. The molecule has 22 heavy (non-hydrogen) atoms. The summed E-state index contributed by atoms with van der Waals surface area (Å²) in [5, 5.41) is 5.31. The van der Waals surface area contributed by atoms with Crippen LogP contribution in [0.4, 0.5) is 11.5 Å². The van der Waals surface area contributed by atoms with Crippen LogP contribution in [-0.4, -0.2) is 9.97 Å². The number of hydrogen-bond acceptors (Lipinski definition) is 4. The molecule has 2 heterocycles. The van der Waals surface area contributed by atoms with Crippen molar-refractivity contribution in [2.75, 3.05) is 5.32 Å². The second kappa shape index (κ2) is 6.41. The van der Waals surface area contributed by atoms with Crippen molar-refractivity contribution in [3.8, 4) is 0 Å². The number of nitrogens with one attached hydrogen (secondary N) is 1. The fraction of sp³-hybridized carbons (Fsp3) is 0.250. The first-order valence-corrected chi connectivity index (χ1v) is 8.28. The number of halogens is 2. The maximum Gasteiger partial charge on any atom is 0.142 e.